The molecule has 0 saturated heterocycles. The first-order chi connectivity index (χ1) is 73.8. The van der Waals surface area contributed by atoms with Gasteiger partial charge in [-0.05, 0) is 270 Å². The summed E-state index contributed by atoms with van der Waals surface area (Å²) >= 11 is 0. The standard InChI is InChI=1S/C58H36N2O.2C41H25N3/c1-2-11-40-34-41(21-20-37(40)10-1)38-22-28-44(29-23-38)59-54-18-7-4-13-48(54)52-35-42(27-33-55(52)59)39-24-30-45(31-25-39)60-53-17-6-3-12-47(53)49-32-26-43(36-56(49)60)46-15-9-16-51-50-14-5-8-19-57(50)61-58(46)51;1-42-30-20-24-41-36(26-30)35-25-29(19-23-40(35)44(41)37-16-8-10-28-9-2-3-11-32(28)37)27-17-21-31(22-18-27)43-38-14-6-4-12-33(38)34-13-5-7-15-39(34)43;1-42-31-18-23-41-37(26-31)36-25-30(17-22-40(36)44(41)33-21-16-27-8-2-3-9-29(27)24-33)28-14-19-32(20-15-28)43-38-12-6-4-10-34(38)35-11-5-7-13-39(35)43/h1-36H;2*2-26H. The van der Waals surface area contributed by atoms with Crippen LogP contribution in [0.4, 0.5) is 11.4 Å². The quantitative estimate of drug-likeness (QED) is 0.119. The number of hydrogen-bond donors (Lipinski definition) is 0. The highest BCUT2D eigenvalue weighted by Crippen LogP contribution is 2.47. The summed E-state index contributed by atoms with van der Waals surface area (Å²) in [6.07, 6.45) is 0. The molecule has 7 aromatic heterocycles. The minimum atomic E-state index is 0.649. The van der Waals surface area contributed by atoms with Gasteiger partial charge in [0, 0.05) is 104 Å². The van der Waals surface area contributed by atoms with Gasteiger partial charge in [0.05, 0.1) is 85.0 Å². The number of para-hydroxylation sites is 8. The lowest BCUT2D eigenvalue weighted by Gasteiger charge is -2.12. The summed E-state index contributed by atoms with van der Waals surface area (Å²) in [5.74, 6) is 0. The van der Waals surface area contributed by atoms with Crippen molar-refractivity contribution in [3.8, 4) is 89.8 Å². The van der Waals surface area contributed by atoms with E-state index in [2.05, 4.69) is 522 Å². The maximum Gasteiger partial charge on any atom is 0.188 e. The Labute approximate surface area is 856 Å². The zero-order valence-electron chi connectivity index (χ0n) is 80.6. The molecule has 9 nitrogen and oxygen atoms in total. The van der Waals surface area contributed by atoms with E-state index >= 15 is 0 Å². The van der Waals surface area contributed by atoms with Crippen molar-refractivity contribution < 1.29 is 4.42 Å². The maximum atomic E-state index is 7.68. The van der Waals surface area contributed by atoms with E-state index < -0.39 is 0 Å². The summed E-state index contributed by atoms with van der Waals surface area (Å²) in [5.41, 5.74) is 35.6. The van der Waals surface area contributed by atoms with E-state index in [1.165, 1.54) is 142 Å². The predicted octanol–water partition coefficient (Wildman–Crippen LogP) is 38.4. The van der Waals surface area contributed by atoms with Gasteiger partial charge in [0.25, 0.3) is 0 Å². The van der Waals surface area contributed by atoms with Crippen LogP contribution < -0.4 is 0 Å². The van der Waals surface area contributed by atoms with Crippen LogP contribution in [-0.4, -0.2) is 27.4 Å². The molecule has 0 aliphatic rings. The number of furan rings is 1. The molecule has 7 heterocycles. The molecular weight excluding hydrogens is 1810 g/mol. The number of rotatable bonds is 11. The minimum Gasteiger partial charge on any atom is -0.455 e. The summed E-state index contributed by atoms with van der Waals surface area (Å²) in [7, 11) is 0. The molecule has 0 atom stereocenters. The van der Waals surface area contributed by atoms with Gasteiger partial charge in [0.2, 0.25) is 0 Å². The fraction of sp³-hybridized carbons (Fsp3) is 0. The average Bonchev–Trinajstić information content (AvgIpc) is 1.56. The van der Waals surface area contributed by atoms with Gasteiger partial charge in [0.1, 0.15) is 11.2 Å². The van der Waals surface area contributed by atoms with E-state index in [1.807, 2.05) is 36.4 Å². The van der Waals surface area contributed by atoms with E-state index in [0.717, 1.165) is 133 Å². The first-order valence-corrected chi connectivity index (χ1v) is 50.5. The molecule has 0 radical (unpaired) electrons. The smallest absolute Gasteiger partial charge is 0.188 e. The van der Waals surface area contributed by atoms with E-state index in [9.17, 15) is 0 Å². The molecular formula is C140H86N8O. The van der Waals surface area contributed by atoms with Crippen molar-refractivity contribution in [2.45, 2.75) is 0 Å². The van der Waals surface area contributed by atoms with Crippen molar-refractivity contribution in [3.63, 3.8) is 0 Å². The van der Waals surface area contributed by atoms with Crippen LogP contribution in [0.1, 0.15) is 0 Å². The first kappa shape index (κ1) is 85.4. The molecule has 9 heteroatoms. The number of aromatic nitrogens is 6. The molecule has 0 amide bonds. The Morgan fingerprint density at radius 1 is 0.154 bits per heavy atom. The topological polar surface area (TPSA) is 51.4 Å². The van der Waals surface area contributed by atoms with Gasteiger partial charge in [-0.15, -0.1) is 0 Å². The SMILES string of the molecule is [C-]#[N+]c1ccc2c(c1)c1cc(-c3ccc(-n4c5ccccc5c5ccccc54)cc3)ccc1n2-c1ccc2ccccc2c1.[C-]#[N+]c1ccc2c(c1)c1cc(-c3ccc(-n4c5ccccc5c5ccccc54)cc3)ccc1n2-c1cccc2ccccc12.c1ccc2cc(-c3ccc(-n4c5ccccc5c5cc(-c6ccc(-n7c8ccccc8c8ccc(-c9cccc%10c9oc9ccccc9%10)cc87)cc6)ccc54)cc3)ccc2c1. The second-order valence-electron chi connectivity index (χ2n) is 38.7. The molecule has 24 aromatic carbocycles. The van der Waals surface area contributed by atoms with Crippen LogP contribution in [0.5, 0.6) is 0 Å². The molecule has 0 fully saturated rings. The lowest BCUT2D eigenvalue weighted by atomic mass is 10.0. The Hall–Kier alpha value is -20.4. The molecule has 0 N–H and O–H groups in total. The van der Waals surface area contributed by atoms with Crippen LogP contribution >= 0.6 is 0 Å². The molecule has 31 aromatic rings. The van der Waals surface area contributed by atoms with Crippen molar-refractivity contribution in [2.24, 2.45) is 0 Å². The van der Waals surface area contributed by atoms with Crippen molar-refractivity contribution in [3.05, 3.63) is 545 Å². The molecule has 692 valence electrons. The third kappa shape index (κ3) is 14.1. The Morgan fingerprint density at radius 3 is 0.899 bits per heavy atom. The lowest BCUT2D eigenvalue weighted by molar-refractivity contribution is 0.670. The summed E-state index contributed by atoms with van der Waals surface area (Å²) in [6.45, 7) is 15.3. The average molecular weight is 1900 g/mol. The number of hydrogen-bond acceptors (Lipinski definition) is 1. The summed E-state index contributed by atoms with van der Waals surface area (Å²) < 4.78 is 20.6. The molecule has 0 aliphatic heterocycles. The third-order valence-electron chi connectivity index (χ3n) is 30.6. The zero-order chi connectivity index (χ0) is 98.4. The Bertz CT molecular complexity index is 10900. The molecule has 0 saturated carbocycles. The zero-order valence-corrected chi connectivity index (χ0v) is 80.6. The molecule has 0 aliphatic carbocycles. The van der Waals surface area contributed by atoms with Crippen LogP contribution in [0.3, 0.4) is 0 Å². The summed E-state index contributed by atoms with van der Waals surface area (Å²) in [6, 6.07) is 187. The van der Waals surface area contributed by atoms with Crippen molar-refractivity contribution in [1.29, 1.82) is 0 Å². The monoisotopic (exact) mass is 1890 g/mol. The van der Waals surface area contributed by atoms with Gasteiger partial charge in [-0.25, -0.2) is 9.69 Å². The van der Waals surface area contributed by atoms with Crippen LogP contribution in [0.2, 0.25) is 0 Å². The number of fused-ring (bicyclic) bond motifs is 24. The lowest BCUT2D eigenvalue weighted by Crippen LogP contribution is -1.95. The second-order valence-corrected chi connectivity index (χ2v) is 38.7. The van der Waals surface area contributed by atoms with Crippen molar-refractivity contribution in [1.82, 2.24) is 27.4 Å². The number of benzene rings is 24. The van der Waals surface area contributed by atoms with E-state index in [1.54, 1.807) is 0 Å². The predicted molar refractivity (Wildman–Crippen MR) is 625 cm³/mol. The molecule has 0 bridgehead atoms. The fourth-order valence-corrected chi connectivity index (χ4v) is 23.6. The summed E-state index contributed by atoms with van der Waals surface area (Å²) in [5, 5.41) is 24.1. The number of nitrogens with zero attached hydrogens (tertiary/aromatic N) is 8. The van der Waals surface area contributed by atoms with Crippen LogP contribution in [0.25, 0.3) is 285 Å². The van der Waals surface area contributed by atoms with Crippen molar-refractivity contribution in [2.75, 3.05) is 0 Å². The van der Waals surface area contributed by atoms with Crippen LogP contribution in [0, 0.1) is 13.1 Å². The van der Waals surface area contributed by atoms with Gasteiger partial charge in [-0.2, -0.15) is 0 Å². The van der Waals surface area contributed by atoms with Gasteiger partial charge < -0.3 is 31.8 Å². The van der Waals surface area contributed by atoms with E-state index in [0.29, 0.717) is 11.4 Å². The Morgan fingerprint density at radius 2 is 0.443 bits per heavy atom. The van der Waals surface area contributed by atoms with Gasteiger partial charge in [-0.1, -0.05) is 340 Å². The minimum absolute atomic E-state index is 0.649. The highest BCUT2D eigenvalue weighted by molar-refractivity contribution is 6.18. The maximum absolute atomic E-state index is 7.68. The van der Waals surface area contributed by atoms with Gasteiger partial charge >= 0.3 is 0 Å². The normalized spacial score (nSPS) is 11.7. The van der Waals surface area contributed by atoms with E-state index in [4.69, 9.17) is 17.6 Å². The van der Waals surface area contributed by atoms with Crippen molar-refractivity contribution >= 4 is 196 Å². The first-order valence-electron chi connectivity index (χ1n) is 50.5. The summed E-state index contributed by atoms with van der Waals surface area (Å²) in [4.78, 5) is 7.50. The molecule has 31 rings (SSSR count). The fourth-order valence-electron chi connectivity index (χ4n) is 23.6. The largest absolute Gasteiger partial charge is 0.455 e. The Kier molecular flexibility index (Phi) is 19.9. The van der Waals surface area contributed by atoms with Crippen LogP contribution in [-0.2, 0) is 0 Å². The second kappa shape index (κ2) is 34.8. The molecule has 0 spiro atoms. The van der Waals surface area contributed by atoms with Crippen LogP contribution in [0.15, 0.2) is 526 Å². The Balaban J connectivity index is 0.000000107. The third-order valence-corrected chi connectivity index (χ3v) is 30.6. The molecule has 0 unspecified atom stereocenters. The molecule has 149 heavy (non-hydrogen) atoms. The van der Waals surface area contributed by atoms with Gasteiger partial charge in [-0.3, -0.25) is 0 Å². The van der Waals surface area contributed by atoms with E-state index in [-0.39, 0.29) is 0 Å². The van der Waals surface area contributed by atoms with Gasteiger partial charge in [0.15, 0.2) is 11.4 Å². The highest BCUT2D eigenvalue weighted by atomic mass is 16.3. The highest BCUT2D eigenvalue weighted by Gasteiger charge is 2.24.